The maximum absolute atomic E-state index is 12.2. The minimum Gasteiger partial charge on any atom is -0.378 e. The molecule has 1 heterocycles. The van der Waals surface area contributed by atoms with Crippen LogP contribution in [0, 0.1) is 6.92 Å². The molecule has 5 nitrogen and oxygen atoms in total. The van der Waals surface area contributed by atoms with Gasteiger partial charge in [0.15, 0.2) is 0 Å². The Bertz CT molecular complexity index is 584. The lowest BCUT2D eigenvalue weighted by Crippen LogP contribution is -2.41. The summed E-state index contributed by atoms with van der Waals surface area (Å²) in [5.41, 5.74) is 3.10. The predicted molar refractivity (Wildman–Crippen MR) is 98.6 cm³/mol. The van der Waals surface area contributed by atoms with Crippen molar-refractivity contribution in [1.82, 2.24) is 4.90 Å². The van der Waals surface area contributed by atoms with Gasteiger partial charge in [0.05, 0.1) is 24.7 Å². The van der Waals surface area contributed by atoms with Crippen LogP contribution in [0.15, 0.2) is 18.2 Å². The highest BCUT2D eigenvalue weighted by Crippen LogP contribution is 2.27. The second-order valence-corrected chi connectivity index (χ2v) is 7.21. The highest BCUT2D eigenvalue weighted by molar-refractivity contribution is 8.00. The number of carbonyl (C=O) groups is 2. The normalized spacial score (nSPS) is 14.8. The number of hydrogen-bond acceptors (Lipinski definition) is 4. The Kier molecular flexibility index (Phi) is 7.12. The molecule has 1 fully saturated rings. The molecule has 2 rings (SSSR count). The van der Waals surface area contributed by atoms with Gasteiger partial charge < -0.3 is 15.0 Å². The lowest BCUT2D eigenvalue weighted by molar-refractivity contribution is -0.132. The van der Waals surface area contributed by atoms with Crippen molar-refractivity contribution in [3.63, 3.8) is 0 Å². The van der Waals surface area contributed by atoms with Gasteiger partial charge in [0.25, 0.3) is 0 Å². The molecule has 0 saturated carbocycles. The van der Waals surface area contributed by atoms with Gasteiger partial charge in [0, 0.05) is 18.8 Å². The number of amides is 2. The van der Waals surface area contributed by atoms with Crippen LogP contribution in [0.4, 0.5) is 5.69 Å². The second-order valence-electron chi connectivity index (χ2n) is 6.23. The lowest BCUT2D eigenvalue weighted by Gasteiger charge is -2.26. The van der Waals surface area contributed by atoms with E-state index in [9.17, 15) is 9.59 Å². The third-order valence-corrected chi connectivity index (χ3v) is 4.93. The summed E-state index contributed by atoms with van der Waals surface area (Å²) >= 11 is 1.36. The summed E-state index contributed by atoms with van der Waals surface area (Å²) in [5, 5.41) is 3.01. The molecule has 1 N–H and O–H groups in total. The van der Waals surface area contributed by atoms with Gasteiger partial charge in [-0.25, -0.2) is 0 Å². The SMILES string of the molecule is Cc1cccc(C(C)C)c1NC(=O)CSCC(=O)N1CCOCC1. The number of benzene rings is 1. The molecule has 24 heavy (non-hydrogen) atoms. The summed E-state index contributed by atoms with van der Waals surface area (Å²) in [7, 11) is 0. The van der Waals surface area contributed by atoms with Gasteiger partial charge in [0.2, 0.25) is 11.8 Å². The van der Waals surface area contributed by atoms with Gasteiger partial charge in [-0.15, -0.1) is 11.8 Å². The van der Waals surface area contributed by atoms with E-state index in [2.05, 4.69) is 19.2 Å². The fraction of sp³-hybridized carbons (Fsp3) is 0.556. The standard InChI is InChI=1S/C18H26N2O3S/c1-13(2)15-6-4-5-14(3)18(15)19-16(21)11-24-12-17(22)20-7-9-23-10-8-20/h4-6,13H,7-12H2,1-3H3,(H,19,21). The minimum absolute atomic E-state index is 0.0639. The van der Waals surface area contributed by atoms with Crippen LogP contribution in [0.1, 0.15) is 30.9 Å². The van der Waals surface area contributed by atoms with Crippen molar-refractivity contribution in [3.8, 4) is 0 Å². The van der Waals surface area contributed by atoms with Gasteiger partial charge in [-0.1, -0.05) is 32.0 Å². The molecule has 1 aliphatic heterocycles. The fourth-order valence-corrected chi connectivity index (χ4v) is 3.37. The van der Waals surface area contributed by atoms with Crippen LogP contribution in [0.2, 0.25) is 0 Å². The molecule has 2 amide bonds. The summed E-state index contributed by atoms with van der Waals surface area (Å²) in [6.45, 7) is 8.71. The largest absolute Gasteiger partial charge is 0.378 e. The van der Waals surface area contributed by atoms with Crippen molar-refractivity contribution in [2.24, 2.45) is 0 Å². The van der Waals surface area contributed by atoms with Crippen LogP contribution >= 0.6 is 11.8 Å². The van der Waals surface area contributed by atoms with Crippen molar-refractivity contribution < 1.29 is 14.3 Å². The number of ether oxygens (including phenoxy) is 1. The molecule has 0 atom stereocenters. The number of nitrogens with zero attached hydrogens (tertiary/aromatic N) is 1. The molecule has 0 radical (unpaired) electrons. The molecule has 1 aliphatic rings. The van der Waals surface area contributed by atoms with E-state index in [4.69, 9.17) is 4.74 Å². The van der Waals surface area contributed by atoms with Crippen LogP contribution in [-0.4, -0.2) is 54.5 Å². The van der Waals surface area contributed by atoms with Crippen LogP contribution in [0.3, 0.4) is 0 Å². The molecule has 132 valence electrons. The zero-order valence-corrected chi connectivity index (χ0v) is 15.4. The quantitative estimate of drug-likeness (QED) is 0.857. The first kappa shape index (κ1) is 18.8. The molecule has 0 aliphatic carbocycles. The van der Waals surface area contributed by atoms with E-state index in [1.54, 1.807) is 4.90 Å². The first-order chi connectivity index (χ1) is 11.5. The molecule has 6 heteroatoms. The Morgan fingerprint density at radius 3 is 2.62 bits per heavy atom. The molecular weight excluding hydrogens is 324 g/mol. The monoisotopic (exact) mass is 350 g/mol. The molecule has 1 aromatic rings. The average Bonchev–Trinajstić information content (AvgIpc) is 2.57. The van der Waals surface area contributed by atoms with Gasteiger partial charge in [-0.05, 0) is 24.0 Å². The van der Waals surface area contributed by atoms with Gasteiger partial charge in [0.1, 0.15) is 0 Å². The number of para-hydroxylation sites is 1. The molecule has 0 aromatic heterocycles. The van der Waals surface area contributed by atoms with E-state index in [1.807, 2.05) is 25.1 Å². The fourth-order valence-electron chi connectivity index (χ4n) is 2.65. The maximum Gasteiger partial charge on any atom is 0.234 e. The summed E-state index contributed by atoms with van der Waals surface area (Å²) in [5.74, 6) is 0.969. The van der Waals surface area contributed by atoms with Crippen molar-refractivity contribution in [1.29, 1.82) is 0 Å². The Balaban J connectivity index is 1.82. The van der Waals surface area contributed by atoms with Crippen molar-refractivity contribution >= 4 is 29.3 Å². The number of anilines is 1. The zero-order valence-electron chi connectivity index (χ0n) is 14.6. The van der Waals surface area contributed by atoms with E-state index in [0.717, 1.165) is 16.8 Å². The van der Waals surface area contributed by atoms with Gasteiger partial charge >= 0.3 is 0 Å². The first-order valence-corrected chi connectivity index (χ1v) is 9.47. The van der Waals surface area contributed by atoms with E-state index >= 15 is 0 Å². The maximum atomic E-state index is 12.2. The third kappa shape index (κ3) is 5.24. The Labute approximate surface area is 148 Å². The molecule has 1 aromatic carbocycles. The Hall–Kier alpha value is -1.53. The highest BCUT2D eigenvalue weighted by atomic mass is 32.2. The number of rotatable bonds is 6. The number of nitrogens with one attached hydrogen (secondary N) is 1. The summed E-state index contributed by atoms with van der Waals surface area (Å²) in [4.78, 5) is 26.1. The van der Waals surface area contributed by atoms with Crippen molar-refractivity contribution in [2.75, 3.05) is 43.1 Å². The van der Waals surface area contributed by atoms with Crippen molar-refractivity contribution in [3.05, 3.63) is 29.3 Å². The average molecular weight is 350 g/mol. The number of morpholine rings is 1. The van der Waals surface area contributed by atoms with Gasteiger partial charge in [-0.3, -0.25) is 9.59 Å². The topological polar surface area (TPSA) is 58.6 Å². The molecule has 1 saturated heterocycles. The lowest BCUT2D eigenvalue weighted by atomic mass is 9.98. The minimum atomic E-state index is -0.0639. The zero-order chi connectivity index (χ0) is 17.5. The van der Waals surface area contributed by atoms with E-state index < -0.39 is 0 Å². The van der Waals surface area contributed by atoms with Crippen molar-refractivity contribution in [2.45, 2.75) is 26.7 Å². The number of carbonyl (C=O) groups excluding carboxylic acids is 2. The summed E-state index contributed by atoms with van der Waals surface area (Å²) in [6.07, 6.45) is 0. The van der Waals surface area contributed by atoms with E-state index in [-0.39, 0.29) is 17.6 Å². The number of thioether (sulfide) groups is 1. The van der Waals surface area contributed by atoms with E-state index in [1.165, 1.54) is 11.8 Å². The third-order valence-electron chi connectivity index (χ3n) is 4.01. The smallest absolute Gasteiger partial charge is 0.234 e. The highest BCUT2D eigenvalue weighted by Gasteiger charge is 2.17. The molecule has 0 unspecified atom stereocenters. The van der Waals surface area contributed by atoms with Gasteiger partial charge in [-0.2, -0.15) is 0 Å². The molecule has 0 bridgehead atoms. The number of aryl methyl sites for hydroxylation is 1. The predicted octanol–water partition coefficient (Wildman–Crippen LogP) is 2.65. The van der Waals surface area contributed by atoms with Crippen LogP contribution in [0.5, 0.6) is 0 Å². The summed E-state index contributed by atoms with van der Waals surface area (Å²) in [6, 6.07) is 6.05. The Morgan fingerprint density at radius 1 is 1.25 bits per heavy atom. The Morgan fingerprint density at radius 2 is 1.96 bits per heavy atom. The van der Waals surface area contributed by atoms with Crippen LogP contribution < -0.4 is 5.32 Å². The molecule has 0 spiro atoms. The van der Waals surface area contributed by atoms with Crippen LogP contribution in [0.25, 0.3) is 0 Å². The van der Waals surface area contributed by atoms with Crippen LogP contribution in [-0.2, 0) is 14.3 Å². The number of hydrogen-bond donors (Lipinski definition) is 1. The first-order valence-electron chi connectivity index (χ1n) is 8.31. The summed E-state index contributed by atoms with van der Waals surface area (Å²) < 4.78 is 5.24. The second kappa shape index (κ2) is 9.08. The molecular formula is C18H26N2O3S. The van der Waals surface area contributed by atoms with E-state index in [0.29, 0.717) is 38.0 Å².